The lowest BCUT2D eigenvalue weighted by Gasteiger charge is -2.20. The Morgan fingerprint density at radius 2 is 2.04 bits per heavy atom. The summed E-state index contributed by atoms with van der Waals surface area (Å²) in [6.07, 6.45) is 0.126. The van der Waals surface area contributed by atoms with Crippen LogP contribution in [0.4, 0.5) is 10.5 Å². The van der Waals surface area contributed by atoms with Gasteiger partial charge in [-0.15, -0.1) is 0 Å². The number of ether oxygens (including phenoxy) is 1. The van der Waals surface area contributed by atoms with Gasteiger partial charge in [-0.25, -0.2) is 4.79 Å². The highest BCUT2D eigenvalue weighted by Crippen LogP contribution is 2.13. The normalized spacial score (nSPS) is 11.7. The first-order valence-corrected chi connectivity index (χ1v) is 7.79. The van der Waals surface area contributed by atoms with Gasteiger partial charge in [0.05, 0.1) is 11.5 Å². The number of nitrogens with zero attached hydrogens (tertiary/aromatic N) is 1. The van der Waals surface area contributed by atoms with Crippen LogP contribution in [-0.2, 0) is 4.74 Å². The zero-order valence-electron chi connectivity index (χ0n) is 14.1. The highest BCUT2D eigenvalue weighted by Gasteiger charge is 2.17. The number of benzene rings is 1. The molecular weight excluding hydrogens is 314 g/mol. The van der Waals surface area contributed by atoms with Gasteiger partial charge in [0.2, 0.25) is 0 Å². The third-order valence-corrected chi connectivity index (χ3v) is 3.18. The van der Waals surface area contributed by atoms with E-state index in [-0.39, 0.29) is 30.4 Å². The van der Waals surface area contributed by atoms with Crippen molar-refractivity contribution in [3.63, 3.8) is 0 Å². The number of hydrogen-bond acceptors (Lipinski definition) is 5. The van der Waals surface area contributed by atoms with Gasteiger partial charge in [-0.2, -0.15) is 0 Å². The minimum atomic E-state index is -0.555. The molecule has 1 unspecified atom stereocenters. The maximum atomic E-state index is 12.1. The summed E-state index contributed by atoms with van der Waals surface area (Å²) >= 11 is 0. The molecule has 1 aromatic rings. The van der Waals surface area contributed by atoms with Gasteiger partial charge >= 0.3 is 6.09 Å². The minimum Gasteiger partial charge on any atom is -0.450 e. The third kappa shape index (κ3) is 6.64. The molecule has 8 nitrogen and oxygen atoms in total. The lowest BCUT2D eigenvalue weighted by atomic mass is 10.0. The van der Waals surface area contributed by atoms with Crippen molar-refractivity contribution in [2.45, 2.75) is 33.2 Å². The number of nitrogens with one attached hydrogen (secondary N) is 2. The largest absolute Gasteiger partial charge is 0.450 e. The van der Waals surface area contributed by atoms with Crippen LogP contribution in [0.3, 0.4) is 0 Å². The van der Waals surface area contributed by atoms with Crippen LogP contribution < -0.4 is 10.6 Å². The molecule has 0 saturated heterocycles. The lowest BCUT2D eigenvalue weighted by Crippen LogP contribution is -2.44. The first kappa shape index (κ1) is 19.4. The molecule has 0 heterocycles. The molecule has 0 aliphatic carbocycles. The van der Waals surface area contributed by atoms with Gasteiger partial charge in [0.1, 0.15) is 0 Å². The Balaban J connectivity index is 2.67. The molecule has 0 aliphatic heterocycles. The molecule has 0 aromatic heterocycles. The fourth-order valence-electron chi connectivity index (χ4n) is 2.18. The average Bonchev–Trinajstić information content (AvgIpc) is 2.52. The molecule has 0 aliphatic rings. The molecule has 0 saturated carbocycles. The summed E-state index contributed by atoms with van der Waals surface area (Å²) in [5, 5.41) is 16.1. The topological polar surface area (TPSA) is 111 Å². The van der Waals surface area contributed by atoms with Crippen LogP contribution in [0.1, 0.15) is 37.6 Å². The molecule has 1 rings (SSSR count). The summed E-state index contributed by atoms with van der Waals surface area (Å²) in [5.74, 6) is -0.121. The van der Waals surface area contributed by atoms with Crippen molar-refractivity contribution in [3.8, 4) is 0 Å². The number of nitro groups is 1. The van der Waals surface area contributed by atoms with E-state index in [9.17, 15) is 19.7 Å². The first-order valence-electron chi connectivity index (χ1n) is 7.79. The SMILES string of the molecule is CCOC(=O)NC(CNC(=O)c1cccc([N+](=O)[O-])c1)CC(C)C. The molecule has 1 aromatic carbocycles. The molecule has 0 bridgehead atoms. The molecule has 2 N–H and O–H groups in total. The number of carbonyl (C=O) groups excluding carboxylic acids is 2. The Labute approximate surface area is 140 Å². The van der Waals surface area contributed by atoms with E-state index in [2.05, 4.69) is 10.6 Å². The van der Waals surface area contributed by atoms with Gasteiger partial charge in [-0.05, 0) is 25.3 Å². The molecule has 132 valence electrons. The highest BCUT2D eigenvalue weighted by molar-refractivity contribution is 5.94. The van der Waals surface area contributed by atoms with E-state index in [0.717, 1.165) is 0 Å². The van der Waals surface area contributed by atoms with Gasteiger partial charge in [0.15, 0.2) is 0 Å². The van der Waals surface area contributed by atoms with E-state index in [1.165, 1.54) is 24.3 Å². The fraction of sp³-hybridized carbons (Fsp3) is 0.500. The van der Waals surface area contributed by atoms with Crippen LogP contribution in [0.2, 0.25) is 0 Å². The van der Waals surface area contributed by atoms with Gasteiger partial charge in [-0.3, -0.25) is 14.9 Å². The van der Waals surface area contributed by atoms with E-state index in [0.29, 0.717) is 12.3 Å². The average molecular weight is 337 g/mol. The number of rotatable bonds is 8. The van der Waals surface area contributed by atoms with Gasteiger partial charge < -0.3 is 15.4 Å². The summed E-state index contributed by atoms with van der Waals surface area (Å²) < 4.78 is 4.85. The van der Waals surface area contributed by atoms with Crippen molar-refractivity contribution in [3.05, 3.63) is 39.9 Å². The highest BCUT2D eigenvalue weighted by atomic mass is 16.6. The summed E-state index contributed by atoms with van der Waals surface area (Å²) in [6, 6.07) is 5.20. The second-order valence-corrected chi connectivity index (χ2v) is 5.71. The zero-order valence-corrected chi connectivity index (χ0v) is 14.1. The first-order chi connectivity index (χ1) is 11.3. The third-order valence-electron chi connectivity index (χ3n) is 3.18. The van der Waals surface area contributed by atoms with E-state index in [1.807, 2.05) is 13.8 Å². The van der Waals surface area contributed by atoms with Crippen molar-refractivity contribution >= 4 is 17.7 Å². The van der Waals surface area contributed by atoms with Crippen molar-refractivity contribution < 1.29 is 19.2 Å². The second kappa shape index (κ2) is 9.49. The summed E-state index contributed by atoms with van der Waals surface area (Å²) in [4.78, 5) is 33.9. The lowest BCUT2D eigenvalue weighted by molar-refractivity contribution is -0.384. The smallest absolute Gasteiger partial charge is 0.407 e. The van der Waals surface area contributed by atoms with Crippen molar-refractivity contribution in [2.24, 2.45) is 5.92 Å². The second-order valence-electron chi connectivity index (χ2n) is 5.71. The molecule has 0 radical (unpaired) electrons. The monoisotopic (exact) mass is 337 g/mol. The van der Waals surface area contributed by atoms with Crippen molar-refractivity contribution in [1.29, 1.82) is 0 Å². The van der Waals surface area contributed by atoms with Crippen molar-refractivity contribution in [1.82, 2.24) is 10.6 Å². The van der Waals surface area contributed by atoms with Crippen LogP contribution in [-0.4, -0.2) is 36.1 Å². The molecular formula is C16H23N3O5. The number of hydrogen-bond donors (Lipinski definition) is 2. The van der Waals surface area contributed by atoms with Crippen LogP contribution >= 0.6 is 0 Å². The fourth-order valence-corrected chi connectivity index (χ4v) is 2.18. The number of alkyl carbamates (subject to hydrolysis) is 1. The summed E-state index contributed by atoms with van der Waals surface area (Å²) in [5.41, 5.74) is 0.0506. The predicted molar refractivity (Wildman–Crippen MR) is 88.8 cm³/mol. The molecule has 8 heteroatoms. The number of nitro benzene ring substituents is 1. The minimum absolute atomic E-state index is 0.147. The summed E-state index contributed by atoms with van der Waals surface area (Å²) in [7, 11) is 0. The van der Waals surface area contributed by atoms with Crippen LogP contribution in [0, 0.1) is 16.0 Å². The van der Waals surface area contributed by atoms with E-state index in [4.69, 9.17) is 4.74 Å². The summed E-state index contributed by atoms with van der Waals surface area (Å²) in [6.45, 7) is 6.18. The maximum Gasteiger partial charge on any atom is 0.407 e. The Morgan fingerprint density at radius 1 is 1.33 bits per heavy atom. The van der Waals surface area contributed by atoms with Gasteiger partial charge in [0.25, 0.3) is 11.6 Å². The predicted octanol–water partition coefficient (Wildman–Crippen LogP) is 2.49. The number of amides is 2. The van der Waals surface area contributed by atoms with E-state index >= 15 is 0 Å². The molecule has 2 amide bonds. The standard InChI is InChI=1S/C16H23N3O5/c1-4-24-16(21)18-13(8-11(2)3)10-17-15(20)12-6-5-7-14(9-12)19(22)23/h5-7,9,11,13H,4,8,10H2,1-3H3,(H,17,20)(H,18,21). The Hall–Kier alpha value is -2.64. The zero-order chi connectivity index (χ0) is 18.1. The van der Waals surface area contributed by atoms with E-state index in [1.54, 1.807) is 6.92 Å². The van der Waals surface area contributed by atoms with E-state index < -0.39 is 16.9 Å². The maximum absolute atomic E-state index is 12.1. The molecule has 0 spiro atoms. The van der Waals surface area contributed by atoms with Gasteiger partial charge in [0, 0.05) is 30.3 Å². The van der Waals surface area contributed by atoms with Gasteiger partial charge in [-0.1, -0.05) is 19.9 Å². The van der Waals surface area contributed by atoms with Crippen molar-refractivity contribution in [2.75, 3.05) is 13.2 Å². The quantitative estimate of drug-likeness (QED) is 0.559. The Kier molecular flexibility index (Phi) is 7.67. The molecule has 1 atom stereocenters. The number of carbonyl (C=O) groups is 2. The molecule has 0 fully saturated rings. The Morgan fingerprint density at radius 3 is 2.62 bits per heavy atom. The van der Waals surface area contributed by atoms with Crippen LogP contribution in [0.25, 0.3) is 0 Å². The van der Waals surface area contributed by atoms with Crippen LogP contribution in [0.15, 0.2) is 24.3 Å². The molecule has 24 heavy (non-hydrogen) atoms. The number of non-ortho nitro benzene ring substituents is 1. The Bertz CT molecular complexity index is 589. The van der Waals surface area contributed by atoms with Crippen LogP contribution in [0.5, 0.6) is 0 Å².